The predicted molar refractivity (Wildman–Crippen MR) is 196 cm³/mol. The Morgan fingerprint density at radius 2 is 0.922 bits per heavy atom. The van der Waals surface area contributed by atoms with E-state index in [9.17, 15) is 28.5 Å². The molecule has 51 heavy (non-hydrogen) atoms. The Kier molecular flexibility index (Phi) is 16.6. The Morgan fingerprint density at radius 1 is 0.608 bits per heavy atom. The summed E-state index contributed by atoms with van der Waals surface area (Å²) in [5, 5.41) is 8.05. The molecular formula is C36H46CaN2O10P2. The normalized spacial score (nSPS) is 15.1. The number of carbonyl (C=O) groups excluding carboxylic acids is 2. The molecule has 2 unspecified atom stereocenters. The second kappa shape index (κ2) is 19.0. The van der Waals surface area contributed by atoms with E-state index < -0.39 is 39.5 Å². The second-order valence-electron chi connectivity index (χ2n) is 14.2. The maximum absolute atomic E-state index is 12.1. The van der Waals surface area contributed by atoms with E-state index in [1.807, 2.05) is 90.1 Å². The monoisotopic (exact) mass is 768 g/mol. The number of hydrogen-bond acceptors (Lipinski definition) is 10. The Morgan fingerprint density at radius 3 is 1.24 bits per heavy atom. The van der Waals surface area contributed by atoms with Crippen LogP contribution in [0.2, 0.25) is 0 Å². The molecule has 4 rings (SSSR count). The molecule has 0 aliphatic carbocycles. The largest absolute Gasteiger partial charge is 2.00 e. The topological polar surface area (TPSA) is 175 Å². The van der Waals surface area contributed by atoms with Gasteiger partial charge in [-0.15, -0.1) is 0 Å². The Hall–Kier alpha value is -2.50. The fourth-order valence-corrected chi connectivity index (χ4v) is 6.23. The zero-order valence-corrected chi connectivity index (χ0v) is 34.3. The van der Waals surface area contributed by atoms with Crippen LogP contribution in [0, 0.1) is 10.8 Å². The molecule has 4 atom stereocenters. The minimum atomic E-state index is -4.47. The van der Waals surface area contributed by atoms with Crippen LogP contribution >= 0.6 is 15.5 Å². The van der Waals surface area contributed by atoms with Crippen LogP contribution < -0.4 is 29.0 Å². The molecule has 4 aromatic carbocycles. The van der Waals surface area contributed by atoms with Crippen molar-refractivity contribution in [2.75, 3.05) is 13.2 Å². The second-order valence-corrected chi connectivity index (χ2v) is 17.1. The third kappa shape index (κ3) is 16.4. The number of nitrogens with one attached hydrogen (secondary N) is 2. The summed E-state index contributed by atoms with van der Waals surface area (Å²) in [6.07, 6.45) is 0. The summed E-state index contributed by atoms with van der Waals surface area (Å²) >= 11 is 0. The van der Waals surface area contributed by atoms with E-state index in [4.69, 9.17) is 18.5 Å². The molecule has 0 bridgehead atoms. The van der Waals surface area contributed by atoms with Crippen molar-refractivity contribution in [3.8, 4) is 11.5 Å². The molecule has 0 radical (unpaired) electrons. The van der Waals surface area contributed by atoms with Gasteiger partial charge < -0.3 is 28.3 Å². The molecule has 12 nitrogen and oxygen atoms in total. The third-order valence-corrected chi connectivity index (χ3v) is 8.91. The van der Waals surface area contributed by atoms with Crippen LogP contribution in [-0.2, 0) is 28.2 Å². The zero-order valence-electron chi connectivity index (χ0n) is 30.3. The predicted octanol–water partition coefficient (Wildman–Crippen LogP) is 6.13. The van der Waals surface area contributed by atoms with Gasteiger partial charge in [-0.3, -0.25) is 18.7 Å². The zero-order chi connectivity index (χ0) is 37.3. The number of carbonyl (C=O) groups is 2. The van der Waals surface area contributed by atoms with Crippen molar-refractivity contribution in [3.63, 3.8) is 0 Å². The van der Waals surface area contributed by atoms with Gasteiger partial charge in [-0.2, -0.15) is 0 Å². The first-order valence-corrected chi connectivity index (χ1v) is 19.1. The molecule has 0 spiro atoms. The Bertz CT molecular complexity index is 1740. The fourth-order valence-electron chi connectivity index (χ4n) is 4.18. The molecule has 272 valence electrons. The average Bonchev–Trinajstić information content (AvgIpc) is 3.01. The van der Waals surface area contributed by atoms with Crippen LogP contribution in [0.5, 0.6) is 11.5 Å². The molecular weight excluding hydrogens is 722 g/mol. The summed E-state index contributed by atoms with van der Waals surface area (Å²) in [5.74, 6) is -0.930. The fraction of sp³-hybridized carbons (Fsp3) is 0.389. The molecule has 0 aliphatic rings. The van der Waals surface area contributed by atoms with Gasteiger partial charge in [-0.05, 0) is 70.5 Å². The number of esters is 2. The van der Waals surface area contributed by atoms with E-state index in [-0.39, 0.29) is 73.3 Å². The first-order valence-electron chi connectivity index (χ1n) is 16.0. The molecule has 2 N–H and O–H groups in total. The van der Waals surface area contributed by atoms with E-state index in [0.29, 0.717) is 0 Å². The quantitative estimate of drug-likeness (QED) is 0.0960. The van der Waals surface area contributed by atoms with Crippen LogP contribution in [0.25, 0.3) is 21.5 Å². The van der Waals surface area contributed by atoms with Crippen LogP contribution in [0.4, 0.5) is 0 Å². The van der Waals surface area contributed by atoms with Crippen LogP contribution in [0.1, 0.15) is 55.4 Å². The van der Waals surface area contributed by atoms with E-state index in [1.165, 1.54) is 13.8 Å². The van der Waals surface area contributed by atoms with Crippen LogP contribution in [-0.4, -0.2) is 75.0 Å². The maximum Gasteiger partial charge on any atom is 2.00 e. The summed E-state index contributed by atoms with van der Waals surface area (Å²) in [4.78, 5) is 48.1. The smallest absolute Gasteiger partial charge is 0.756 e. The molecule has 0 fully saturated rings. The Balaban J connectivity index is 0.000000347. The van der Waals surface area contributed by atoms with Crippen molar-refractivity contribution in [2.45, 2.75) is 67.5 Å². The summed E-state index contributed by atoms with van der Waals surface area (Å²) in [6.45, 7) is 14.7. The summed E-state index contributed by atoms with van der Waals surface area (Å²) in [5.41, 5.74) is -0.393. The SMILES string of the molecule is C[C@H](NP(=O)([O-])Oc1ccc2ccccc2c1)C(=O)OCC(C)(C)C.C[C@H](NP(=O)([O-])Oc1ccc2ccccc2c1)C(=O)OCC(C)(C)C.[Ca+2]. The number of ether oxygens (including phenoxy) is 2. The molecule has 4 aromatic rings. The van der Waals surface area contributed by atoms with Gasteiger partial charge >= 0.3 is 49.7 Å². The van der Waals surface area contributed by atoms with Crippen molar-refractivity contribution in [2.24, 2.45) is 10.8 Å². The van der Waals surface area contributed by atoms with Crippen molar-refractivity contribution in [1.29, 1.82) is 0 Å². The van der Waals surface area contributed by atoms with Gasteiger partial charge in [-0.1, -0.05) is 102 Å². The van der Waals surface area contributed by atoms with Crippen LogP contribution in [0.3, 0.4) is 0 Å². The first-order chi connectivity index (χ1) is 23.1. The van der Waals surface area contributed by atoms with Gasteiger partial charge in [0.1, 0.15) is 23.6 Å². The standard InChI is InChI=1S/2C18H24NO5P.Ca/c2*1-13(17(20)23-12-18(2,3)4)19-25(21,22)24-16-10-9-14-7-5-6-8-15(14)11-16;/h2*5-11,13H,12H2,1-4H3,(H2,19,21,22);/q;;+2/p-2/t2*13-;/m00./s1. The number of rotatable bonds is 12. The minimum absolute atomic E-state index is 0. The summed E-state index contributed by atoms with van der Waals surface area (Å²) < 4.78 is 44.6. The number of hydrogen-bond donors (Lipinski definition) is 2. The van der Waals surface area contributed by atoms with Gasteiger partial charge in [0.2, 0.25) is 0 Å². The number of benzene rings is 4. The molecule has 0 amide bonds. The molecule has 0 aliphatic heterocycles. The van der Waals surface area contributed by atoms with Crippen molar-refractivity contribution in [3.05, 3.63) is 84.9 Å². The van der Waals surface area contributed by atoms with Crippen molar-refractivity contribution < 1.29 is 47.0 Å². The van der Waals surface area contributed by atoms with Gasteiger partial charge in [0.15, 0.2) is 0 Å². The molecule has 0 saturated carbocycles. The van der Waals surface area contributed by atoms with E-state index >= 15 is 0 Å². The Labute approximate surface area is 329 Å². The van der Waals surface area contributed by atoms with Crippen molar-refractivity contribution in [1.82, 2.24) is 10.2 Å². The van der Waals surface area contributed by atoms with Gasteiger partial charge in [0.25, 0.3) is 15.5 Å². The van der Waals surface area contributed by atoms with Crippen molar-refractivity contribution >= 4 is 86.7 Å². The average molecular weight is 769 g/mol. The van der Waals surface area contributed by atoms with Gasteiger partial charge in [0, 0.05) is 0 Å². The first kappa shape index (κ1) is 44.7. The van der Waals surface area contributed by atoms with Crippen LogP contribution in [0.15, 0.2) is 84.9 Å². The maximum atomic E-state index is 12.1. The van der Waals surface area contributed by atoms with E-state index in [0.717, 1.165) is 21.5 Å². The van der Waals surface area contributed by atoms with Gasteiger partial charge in [0.05, 0.1) is 13.2 Å². The van der Waals surface area contributed by atoms with Gasteiger partial charge in [-0.25, -0.2) is 10.2 Å². The third-order valence-electron chi connectivity index (χ3n) is 6.60. The molecule has 0 heterocycles. The molecule has 0 saturated heterocycles. The summed E-state index contributed by atoms with van der Waals surface area (Å²) in [7, 11) is -8.94. The van der Waals surface area contributed by atoms with E-state index in [2.05, 4.69) is 10.2 Å². The minimum Gasteiger partial charge on any atom is -0.756 e. The molecule has 15 heteroatoms. The number of fused-ring (bicyclic) bond motifs is 2. The summed E-state index contributed by atoms with van der Waals surface area (Å²) in [6, 6.07) is 22.9. The van der Waals surface area contributed by atoms with E-state index in [1.54, 1.807) is 36.4 Å². The molecule has 0 aromatic heterocycles.